The molecule has 1 aromatic carbocycles. The van der Waals surface area contributed by atoms with Crippen LogP contribution >= 0.6 is 34.8 Å². The number of aliphatic hydroxyl groups excluding tert-OH is 1. The average Bonchev–Trinajstić information content (AvgIpc) is 2.90. The molecule has 2 atom stereocenters. The monoisotopic (exact) mass is 478 g/mol. The number of aryl methyl sites for hydroxylation is 1. The molecule has 1 fully saturated rings. The van der Waals surface area contributed by atoms with E-state index in [1.807, 2.05) is 0 Å². The van der Waals surface area contributed by atoms with E-state index in [1.54, 1.807) is 19.1 Å². The fourth-order valence-corrected chi connectivity index (χ4v) is 3.53. The number of nitrogens with one attached hydrogen (secondary N) is 2. The fraction of sp³-hybridized carbons (Fsp3) is 0.278. The Morgan fingerprint density at radius 2 is 1.97 bits per heavy atom. The van der Waals surface area contributed by atoms with Crippen LogP contribution in [-0.4, -0.2) is 36.5 Å². The Hall–Kier alpha value is -2.04. The van der Waals surface area contributed by atoms with Crippen molar-refractivity contribution in [1.82, 2.24) is 14.8 Å². The molecule has 30 heavy (non-hydrogen) atoms. The van der Waals surface area contributed by atoms with Gasteiger partial charge in [0.25, 0.3) is 15.3 Å². The first kappa shape index (κ1) is 22.6. The predicted octanol–water partition coefficient (Wildman–Crippen LogP) is 2.39. The lowest BCUT2D eigenvalue weighted by atomic mass is 9.88. The number of hydrogen-bond donors (Lipinski definition) is 3. The molecule has 0 saturated carbocycles. The standard InChI is InChI=1S/C18H15Cl3F2N4O3/c1-9-3-2-6-26(13(9)28)8-17(10-4-5-11(22)12(23)7-10)14(24)27(16(30)25-17)15(29)18(19,20)21/h2-7,16,24-25,30H,8H2,1H3. The van der Waals surface area contributed by atoms with Crippen molar-refractivity contribution in [1.29, 1.82) is 5.41 Å². The molecule has 7 nitrogen and oxygen atoms in total. The van der Waals surface area contributed by atoms with Crippen LogP contribution in [0.3, 0.4) is 0 Å². The molecule has 3 rings (SSSR count). The van der Waals surface area contributed by atoms with Crippen LogP contribution in [0.25, 0.3) is 0 Å². The summed E-state index contributed by atoms with van der Waals surface area (Å²) in [5.74, 6) is -4.22. The molecule has 1 aliphatic rings. The summed E-state index contributed by atoms with van der Waals surface area (Å²) in [6.45, 7) is 1.22. The second-order valence-electron chi connectivity index (χ2n) is 6.70. The van der Waals surface area contributed by atoms with Crippen LogP contribution in [0.1, 0.15) is 11.1 Å². The van der Waals surface area contributed by atoms with Gasteiger partial charge in [-0.15, -0.1) is 0 Å². The number of carbonyl (C=O) groups excluding carboxylic acids is 1. The Kier molecular flexibility index (Phi) is 5.96. The predicted molar refractivity (Wildman–Crippen MR) is 107 cm³/mol. The molecule has 1 aliphatic heterocycles. The van der Waals surface area contributed by atoms with Crippen molar-refractivity contribution < 1.29 is 18.7 Å². The SMILES string of the molecule is Cc1cccn(CC2(c3ccc(F)c(F)c3)NC(O)N(C(=O)C(Cl)(Cl)Cl)C2=N)c1=O. The van der Waals surface area contributed by atoms with Crippen molar-refractivity contribution in [2.75, 3.05) is 0 Å². The van der Waals surface area contributed by atoms with Crippen molar-refractivity contribution >= 4 is 46.5 Å². The summed E-state index contributed by atoms with van der Waals surface area (Å²) in [7, 11) is 0. The van der Waals surface area contributed by atoms with Crippen LogP contribution in [0.4, 0.5) is 8.78 Å². The van der Waals surface area contributed by atoms with Crippen molar-refractivity contribution in [2.24, 2.45) is 0 Å². The van der Waals surface area contributed by atoms with Crippen LogP contribution in [0.5, 0.6) is 0 Å². The molecular weight excluding hydrogens is 465 g/mol. The Morgan fingerprint density at radius 1 is 1.30 bits per heavy atom. The van der Waals surface area contributed by atoms with Crippen molar-refractivity contribution in [3.63, 3.8) is 0 Å². The van der Waals surface area contributed by atoms with E-state index in [1.165, 1.54) is 10.8 Å². The van der Waals surface area contributed by atoms with Gasteiger partial charge >= 0.3 is 0 Å². The van der Waals surface area contributed by atoms with Crippen LogP contribution in [0.15, 0.2) is 41.3 Å². The first-order valence-electron chi connectivity index (χ1n) is 8.45. The zero-order valence-electron chi connectivity index (χ0n) is 15.3. The van der Waals surface area contributed by atoms with Gasteiger partial charge in [0.1, 0.15) is 11.4 Å². The maximum atomic E-state index is 14.0. The highest BCUT2D eigenvalue weighted by molar-refractivity contribution is 6.76. The quantitative estimate of drug-likeness (QED) is 0.589. The van der Waals surface area contributed by atoms with Gasteiger partial charge < -0.3 is 9.67 Å². The topological polar surface area (TPSA) is 98.4 Å². The summed E-state index contributed by atoms with van der Waals surface area (Å²) in [4.78, 5) is 25.5. The third-order valence-electron chi connectivity index (χ3n) is 4.76. The number of rotatable bonds is 3. The number of alkyl halides is 3. The van der Waals surface area contributed by atoms with Gasteiger partial charge in [0.05, 0.1) is 6.54 Å². The lowest BCUT2D eigenvalue weighted by Crippen LogP contribution is -2.50. The smallest absolute Gasteiger partial charge is 0.283 e. The maximum absolute atomic E-state index is 14.0. The Balaban J connectivity index is 2.19. The van der Waals surface area contributed by atoms with Crippen molar-refractivity contribution in [3.05, 3.63) is 69.6 Å². The summed E-state index contributed by atoms with van der Waals surface area (Å²) in [6, 6.07) is 5.94. The van der Waals surface area contributed by atoms with Crippen LogP contribution < -0.4 is 10.9 Å². The molecule has 1 aromatic heterocycles. The van der Waals surface area contributed by atoms with Gasteiger partial charge in [-0.05, 0) is 30.7 Å². The zero-order chi connectivity index (χ0) is 22.4. The number of halogens is 5. The van der Waals surface area contributed by atoms with Gasteiger partial charge in [-0.25, -0.2) is 8.78 Å². The third-order valence-corrected chi connectivity index (χ3v) is 5.24. The molecule has 2 heterocycles. The number of carbonyl (C=O) groups is 1. The fourth-order valence-electron chi connectivity index (χ4n) is 3.26. The lowest BCUT2D eigenvalue weighted by molar-refractivity contribution is -0.133. The number of amides is 1. The second-order valence-corrected chi connectivity index (χ2v) is 8.98. The summed E-state index contributed by atoms with van der Waals surface area (Å²) < 4.78 is 26.2. The second kappa shape index (κ2) is 7.90. The van der Waals surface area contributed by atoms with Gasteiger partial charge in [0.2, 0.25) is 0 Å². The van der Waals surface area contributed by atoms with Crippen LogP contribution in [-0.2, 0) is 16.9 Å². The minimum atomic E-state index is -2.50. The third kappa shape index (κ3) is 3.83. The molecule has 0 spiro atoms. The Bertz CT molecular complexity index is 1090. The summed E-state index contributed by atoms with van der Waals surface area (Å²) in [5.41, 5.74) is -1.89. The summed E-state index contributed by atoms with van der Waals surface area (Å²) in [6.07, 6.45) is -0.424. The number of amidine groups is 1. The first-order chi connectivity index (χ1) is 13.9. The molecule has 2 aromatic rings. The Morgan fingerprint density at radius 3 is 2.57 bits per heavy atom. The molecule has 1 saturated heterocycles. The van der Waals surface area contributed by atoms with Gasteiger partial charge in [-0.3, -0.25) is 25.2 Å². The molecule has 3 N–H and O–H groups in total. The lowest BCUT2D eigenvalue weighted by Gasteiger charge is -2.31. The number of pyridine rings is 1. The first-order valence-corrected chi connectivity index (χ1v) is 9.58. The van der Waals surface area contributed by atoms with Gasteiger partial charge in [0.15, 0.2) is 18.0 Å². The van der Waals surface area contributed by atoms with E-state index in [2.05, 4.69) is 5.32 Å². The highest BCUT2D eigenvalue weighted by Crippen LogP contribution is 2.37. The molecule has 160 valence electrons. The van der Waals surface area contributed by atoms with E-state index in [4.69, 9.17) is 40.2 Å². The number of benzene rings is 1. The summed E-state index contributed by atoms with van der Waals surface area (Å²) >= 11 is 16.9. The number of aromatic nitrogens is 1. The minimum Gasteiger partial charge on any atom is -0.360 e. The maximum Gasteiger partial charge on any atom is 0.283 e. The Labute approximate surface area is 184 Å². The highest BCUT2D eigenvalue weighted by Gasteiger charge is 2.55. The molecular formula is C18H15Cl3F2N4O3. The minimum absolute atomic E-state index is 0.0292. The van der Waals surface area contributed by atoms with Crippen molar-refractivity contribution in [3.8, 4) is 0 Å². The van der Waals surface area contributed by atoms with Gasteiger partial charge in [-0.2, -0.15) is 0 Å². The molecule has 12 heteroatoms. The van der Waals surface area contributed by atoms with E-state index in [9.17, 15) is 23.5 Å². The van der Waals surface area contributed by atoms with E-state index in [0.717, 1.165) is 18.2 Å². The highest BCUT2D eigenvalue weighted by atomic mass is 35.6. The molecule has 2 unspecified atom stereocenters. The van der Waals surface area contributed by atoms with Crippen LogP contribution in [0.2, 0.25) is 0 Å². The van der Waals surface area contributed by atoms with E-state index >= 15 is 0 Å². The normalized spacial score (nSPS) is 21.9. The largest absolute Gasteiger partial charge is 0.360 e. The van der Waals surface area contributed by atoms with Crippen LogP contribution in [0, 0.1) is 24.0 Å². The number of aliphatic hydroxyl groups is 1. The van der Waals surface area contributed by atoms with E-state index in [-0.39, 0.29) is 12.1 Å². The van der Waals surface area contributed by atoms with E-state index < -0.39 is 44.6 Å². The molecule has 0 radical (unpaired) electrons. The zero-order valence-corrected chi connectivity index (χ0v) is 17.6. The summed E-state index contributed by atoms with van der Waals surface area (Å²) in [5, 5.41) is 21.6. The number of nitrogens with zero attached hydrogens (tertiary/aromatic N) is 2. The molecule has 1 amide bonds. The molecule has 0 aliphatic carbocycles. The number of hydrogen-bond acceptors (Lipinski definition) is 5. The van der Waals surface area contributed by atoms with Gasteiger partial charge in [0, 0.05) is 11.8 Å². The van der Waals surface area contributed by atoms with Crippen molar-refractivity contribution in [2.45, 2.75) is 29.2 Å². The molecule has 0 bridgehead atoms. The van der Waals surface area contributed by atoms with Gasteiger partial charge in [-0.1, -0.05) is 46.9 Å². The average molecular weight is 480 g/mol. The van der Waals surface area contributed by atoms with E-state index in [0.29, 0.717) is 10.5 Å².